The van der Waals surface area contributed by atoms with Crippen LogP contribution in [0.5, 0.6) is 0 Å². The molecule has 4 nitrogen and oxygen atoms in total. The van der Waals surface area contributed by atoms with Crippen LogP contribution in [-0.4, -0.2) is 44.4 Å². The van der Waals surface area contributed by atoms with Crippen LogP contribution in [0.4, 0.5) is 0 Å². The quantitative estimate of drug-likeness (QED) is 0.854. The summed E-state index contributed by atoms with van der Waals surface area (Å²) in [4.78, 5) is 23.9. The summed E-state index contributed by atoms with van der Waals surface area (Å²) in [6.45, 7) is 0. The lowest BCUT2D eigenvalue weighted by Crippen LogP contribution is -2.47. The van der Waals surface area contributed by atoms with Crippen LogP contribution >= 0.6 is 11.8 Å². The van der Waals surface area contributed by atoms with Crippen molar-refractivity contribution >= 4 is 28.7 Å². The first-order chi connectivity index (χ1) is 10.8. The Hall–Kier alpha value is -1.62. The molecule has 0 saturated carbocycles. The predicted molar refractivity (Wildman–Crippen MR) is 89.1 cm³/mol. The second-order valence-electron chi connectivity index (χ2n) is 6.17. The normalized spacial score (nSPS) is 27.3. The van der Waals surface area contributed by atoms with Gasteiger partial charge >= 0.3 is 0 Å². The van der Waals surface area contributed by atoms with Gasteiger partial charge in [-0.15, -0.1) is 0 Å². The molecule has 0 radical (unpaired) electrons. The molecule has 1 amide bonds. The minimum Gasteiger partial charge on any atom is -0.331 e. The molecule has 4 rings (SSSR count). The van der Waals surface area contributed by atoms with E-state index in [1.54, 1.807) is 6.20 Å². The van der Waals surface area contributed by atoms with Gasteiger partial charge in [-0.25, -0.2) is 4.98 Å². The molecule has 3 atom stereocenters. The van der Waals surface area contributed by atoms with Crippen molar-refractivity contribution < 1.29 is 4.79 Å². The first-order valence-electron chi connectivity index (χ1n) is 7.83. The Balaban J connectivity index is 1.63. The zero-order valence-corrected chi connectivity index (χ0v) is 13.4. The average Bonchev–Trinajstić information content (AvgIpc) is 2.83. The molecule has 2 aliphatic rings. The number of fused-ring (bicyclic) bond motifs is 3. The smallest absolute Gasteiger partial charge is 0.274 e. The van der Waals surface area contributed by atoms with E-state index in [0.29, 0.717) is 23.0 Å². The summed E-state index contributed by atoms with van der Waals surface area (Å²) in [5.41, 5.74) is 2.11. The first-order valence-corrected chi connectivity index (χ1v) is 9.12. The maximum atomic E-state index is 12.9. The number of piperidine rings is 1. The second-order valence-corrected chi connectivity index (χ2v) is 7.31. The third-order valence-electron chi connectivity index (χ3n) is 4.93. The van der Waals surface area contributed by atoms with Crippen LogP contribution in [-0.2, 0) is 0 Å². The number of carbonyl (C=O) groups is 1. The Bertz CT molecular complexity index is 706. The zero-order chi connectivity index (χ0) is 15.1. The molecule has 2 aliphatic heterocycles. The van der Waals surface area contributed by atoms with Gasteiger partial charge in [-0.3, -0.25) is 9.78 Å². The maximum absolute atomic E-state index is 12.9. The van der Waals surface area contributed by atoms with Crippen molar-refractivity contribution in [2.75, 3.05) is 6.26 Å². The van der Waals surface area contributed by atoms with Crippen molar-refractivity contribution in [3.63, 3.8) is 0 Å². The molecular weight excluding hydrogens is 294 g/mol. The minimum absolute atomic E-state index is 0.0605. The summed E-state index contributed by atoms with van der Waals surface area (Å²) in [6, 6.07) is 8.47. The van der Waals surface area contributed by atoms with Crippen LogP contribution in [0.25, 0.3) is 11.0 Å². The summed E-state index contributed by atoms with van der Waals surface area (Å²) >= 11 is 1.94. The lowest BCUT2D eigenvalue weighted by atomic mass is 10.0. The molecule has 0 aliphatic carbocycles. The molecule has 22 heavy (non-hydrogen) atoms. The molecule has 3 heterocycles. The van der Waals surface area contributed by atoms with E-state index in [4.69, 9.17) is 0 Å². The first kappa shape index (κ1) is 14.0. The summed E-state index contributed by atoms with van der Waals surface area (Å²) in [5, 5.41) is 0.698. The topological polar surface area (TPSA) is 46.1 Å². The van der Waals surface area contributed by atoms with Crippen molar-refractivity contribution in [2.45, 2.75) is 43.0 Å². The fraction of sp³-hybridized carbons (Fsp3) is 0.471. The number of nitrogens with zero attached hydrogens (tertiary/aromatic N) is 3. The van der Waals surface area contributed by atoms with Crippen LogP contribution in [0.1, 0.15) is 36.2 Å². The van der Waals surface area contributed by atoms with E-state index < -0.39 is 0 Å². The number of hydrogen-bond donors (Lipinski definition) is 0. The standard InChI is InChI=1S/C17H19N3OS/c1-22-13-8-11-6-7-12(9-13)20(11)17(21)16-10-18-14-4-2-3-5-15(14)19-16/h2-5,10-13H,6-9H2,1H3/t11-,12+,13?. The van der Waals surface area contributed by atoms with Crippen LogP contribution in [0.15, 0.2) is 30.5 Å². The van der Waals surface area contributed by atoms with Crippen LogP contribution in [0.3, 0.4) is 0 Å². The highest BCUT2D eigenvalue weighted by molar-refractivity contribution is 7.99. The number of hydrogen-bond acceptors (Lipinski definition) is 4. The van der Waals surface area contributed by atoms with Crippen LogP contribution in [0, 0.1) is 0 Å². The molecule has 5 heteroatoms. The molecule has 2 bridgehead atoms. The van der Waals surface area contributed by atoms with Crippen molar-refractivity contribution in [3.8, 4) is 0 Å². The summed E-state index contributed by atoms with van der Waals surface area (Å²) in [7, 11) is 0. The molecule has 2 aromatic rings. The van der Waals surface area contributed by atoms with Gasteiger partial charge in [-0.05, 0) is 44.1 Å². The van der Waals surface area contributed by atoms with Gasteiger partial charge in [0, 0.05) is 17.3 Å². The van der Waals surface area contributed by atoms with E-state index in [2.05, 4.69) is 21.1 Å². The van der Waals surface area contributed by atoms with Gasteiger partial charge in [0.25, 0.3) is 5.91 Å². The average molecular weight is 313 g/mol. The van der Waals surface area contributed by atoms with E-state index in [9.17, 15) is 4.79 Å². The summed E-state index contributed by atoms with van der Waals surface area (Å²) in [5.74, 6) is 0.0605. The molecule has 0 N–H and O–H groups in total. The van der Waals surface area contributed by atoms with Gasteiger partial charge in [0.15, 0.2) is 0 Å². The van der Waals surface area contributed by atoms with Gasteiger partial charge in [-0.2, -0.15) is 11.8 Å². The van der Waals surface area contributed by atoms with Gasteiger partial charge in [0.05, 0.1) is 17.2 Å². The summed E-state index contributed by atoms with van der Waals surface area (Å²) in [6.07, 6.45) is 8.30. The number of carbonyl (C=O) groups excluding carboxylic acids is 1. The van der Waals surface area contributed by atoms with E-state index in [1.807, 2.05) is 36.0 Å². The molecule has 0 spiro atoms. The lowest BCUT2D eigenvalue weighted by Gasteiger charge is -2.38. The Kier molecular flexibility index (Phi) is 3.53. The Morgan fingerprint density at radius 2 is 1.86 bits per heavy atom. The van der Waals surface area contributed by atoms with Gasteiger partial charge < -0.3 is 4.90 Å². The van der Waals surface area contributed by atoms with Gasteiger partial charge in [0.1, 0.15) is 5.69 Å². The molecule has 1 aromatic carbocycles. The third-order valence-corrected chi connectivity index (χ3v) is 5.98. The van der Waals surface area contributed by atoms with Crippen LogP contribution in [0.2, 0.25) is 0 Å². The van der Waals surface area contributed by atoms with E-state index in [1.165, 1.54) is 0 Å². The highest BCUT2D eigenvalue weighted by Crippen LogP contribution is 2.40. The monoisotopic (exact) mass is 313 g/mol. The lowest BCUT2D eigenvalue weighted by molar-refractivity contribution is 0.0595. The molecule has 1 aromatic heterocycles. The number of amides is 1. The highest BCUT2D eigenvalue weighted by atomic mass is 32.2. The maximum Gasteiger partial charge on any atom is 0.274 e. The highest BCUT2D eigenvalue weighted by Gasteiger charge is 2.43. The van der Waals surface area contributed by atoms with Crippen molar-refractivity contribution in [1.82, 2.24) is 14.9 Å². The fourth-order valence-electron chi connectivity index (χ4n) is 3.84. The van der Waals surface area contributed by atoms with E-state index in [-0.39, 0.29) is 5.91 Å². The zero-order valence-electron chi connectivity index (χ0n) is 12.6. The predicted octanol–water partition coefficient (Wildman–Crippen LogP) is 3.13. The second kappa shape index (κ2) is 5.54. The van der Waals surface area contributed by atoms with Crippen molar-refractivity contribution in [2.24, 2.45) is 0 Å². The van der Waals surface area contributed by atoms with Crippen LogP contribution < -0.4 is 0 Å². The number of rotatable bonds is 2. The number of para-hydroxylation sites is 2. The Labute approximate surface area is 134 Å². The molecular formula is C17H19N3OS. The summed E-state index contributed by atoms with van der Waals surface area (Å²) < 4.78 is 0. The third kappa shape index (κ3) is 2.28. The molecule has 2 fully saturated rings. The Morgan fingerprint density at radius 1 is 1.18 bits per heavy atom. The van der Waals surface area contributed by atoms with Gasteiger partial charge in [-0.1, -0.05) is 12.1 Å². The number of aromatic nitrogens is 2. The SMILES string of the molecule is CSC1C[C@H]2CC[C@@H](C1)N2C(=O)c1cnc2ccccc2n1. The van der Waals surface area contributed by atoms with E-state index >= 15 is 0 Å². The van der Waals surface area contributed by atoms with Crippen molar-refractivity contribution in [1.29, 1.82) is 0 Å². The number of benzene rings is 1. The van der Waals surface area contributed by atoms with Gasteiger partial charge in [0.2, 0.25) is 0 Å². The fourth-order valence-corrected chi connectivity index (χ4v) is 4.67. The number of thioether (sulfide) groups is 1. The largest absolute Gasteiger partial charge is 0.331 e. The van der Waals surface area contributed by atoms with Crippen molar-refractivity contribution in [3.05, 3.63) is 36.2 Å². The van der Waals surface area contributed by atoms with E-state index in [0.717, 1.165) is 36.7 Å². The molecule has 114 valence electrons. The molecule has 2 saturated heterocycles. The molecule has 1 unspecified atom stereocenters. The minimum atomic E-state index is 0.0605. The Morgan fingerprint density at radius 3 is 2.55 bits per heavy atom.